The standard InChI is InChI=1S/C33H49FN6O4S/c1-23-22-37(33(4)12-16-36(17-13-33)31(41)21-30-24(2)35-40(42)25(30)3)18-19-39(23)32(27-6-5-7-28(34)20-27)26-10-14-38(15-11-26)45(43,44)29-8-9-29/h5-7,20,23,26,29,32,42H,8-19,21-22H2,1-4H3/t23-,32+/m0/s1. The van der Waals surface area contributed by atoms with Crippen LogP contribution < -0.4 is 0 Å². The quantitative estimate of drug-likeness (QED) is 0.437. The Bertz CT molecular complexity index is 1490. The zero-order valence-corrected chi connectivity index (χ0v) is 28.0. The average Bonchev–Trinajstić information content (AvgIpc) is 3.84. The molecule has 10 nitrogen and oxygen atoms in total. The first kappa shape index (κ1) is 32.4. The summed E-state index contributed by atoms with van der Waals surface area (Å²) in [6, 6.07) is 7.25. The summed E-state index contributed by atoms with van der Waals surface area (Å²) < 4.78 is 42.0. The predicted molar refractivity (Wildman–Crippen MR) is 170 cm³/mol. The average molecular weight is 645 g/mol. The Morgan fingerprint density at radius 2 is 1.76 bits per heavy atom. The summed E-state index contributed by atoms with van der Waals surface area (Å²) in [4.78, 5) is 21.1. The molecule has 248 valence electrons. The molecule has 0 unspecified atom stereocenters. The van der Waals surface area contributed by atoms with Crippen molar-refractivity contribution in [1.82, 2.24) is 28.9 Å². The number of halogens is 1. The summed E-state index contributed by atoms with van der Waals surface area (Å²) in [6.07, 6.45) is 5.14. The van der Waals surface area contributed by atoms with Crippen molar-refractivity contribution in [3.63, 3.8) is 0 Å². The molecule has 2 atom stereocenters. The van der Waals surface area contributed by atoms with Crippen LogP contribution in [0.25, 0.3) is 0 Å². The summed E-state index contributed by atoms with van der Waals surface area (Å²) in [5.41, 5.74) is 3.05. The van der Waals surface area contributed by atoms with Gasteiger partial charge in [0, 0.05) is 69.0 Å². The second-order valence-electron chi connectivity index (χ2n) is 14.1. The number of aromatic nitrogens is 2. The molecule has 4 fully saturated rings. The number of sulfonamides is 1. The van der Waals surface area contributed by atoms with Gasteiger partial charge in [0.05, 0.1) is 23.1 Å². The van der Waals surface area contributed by atoms with Crippen LogP contribution in [0.4, 0.5) is 4.39 Å². The Balaban J connectivity index is 1.10. The molecule has 0 radical (unpaired) electrons. The number of nitrogens with zero attached hydrogens (tertiary/aromatic N) is 6. The van der Waals surface area contributed by atoms with Crippen molar-refractivity contribution < 1.29 is 22.8 Å². The van der Waals surface area contributed by atoms with Gasteiger partial charge >= 0.3 is 0 Å². The van der Waals surface area contributed by atoms with E-state index in [1.54, 1.807) is 23.4 Å². The van der Waals surface area contributed by atoms with Crippen molar-refractivity contribution >= 4 is 15.9 Å². The minimum absolute atomic E-state index is 0.0180. The van der Waals surface area contributed by atoms with Gasteiger partial charge in [0.1, 0.15) is 5.82 Å². The topological polar surface area (TPSA) is 102 Å². The van der Waals surface area contributed by atoms with Crippen LogP contribution in [-0.4, -0.2) is 111 Å². The number of rotatable bonds is 8. The number of carbonyl (C=O) groups excluding carboxylic acids is 1. The first-order chi connectivity index (χ1) is 21.4. The van der Waals surface area contributed by atoms with E-state index in [9.17, 15) is 22.8 Å². The van der Waals surface area contributed by atoms with Crippen LogP contribution in [0.15, 0.2) is 24.3 Å². The number of aryl methyl sites for hydroxylation is 1. The SMILES string of the molecule is Cc1nn(O)c(C)c1CC(=O)N1CCC(C)(N2CCN([C@@H](c3cccc(F)c3)C3CCN(S(=O)(=O)C4CC4)CC3)[C@@H](C)C2)CC1. The molecule has 4 heterocycles. The number of hydrogen-bond donors (Lipinski definition) is 1. The second kappa shape index (κ2) is 12.6. The van der Waals surface area contributed by atoms with Crippen LogP contribution in [0.2, 0.25) is 0 Å². The molecule has 1 aromatic carbocycles. The highest BCUT2D eigenvalue weighted by atomic mass is 32.2. The number of carbonyl (C=O) groups is 1. The Kier molecular flexibility index (Phi) is 9.06. The Morgan fingerprint density at radius 3 is 2.33 bits per heavy atom. The molecule has 12 heteroatoms. The smallest absolute Gasteiger partial charge is 0.227 e. The highest BCUT2D eigenvalue weighted by Crippen LogP contribution is 2.41. The number of hydrogen-bond acceptors (Lipinski definition) is 7. The molecule has 6 rings (SSSR count). The van der Waals surface area contributed by atoms with Crippen LogP contribution in [0.3, 0.4) is 0 Å². The van der Waals surface area contributed by atoms with E-state index < -0.39 is 10.0 Å². The van der Waals surface area contributed by atoms with Crippen LogP contribution in [0.1, 0.15) is 80.9 Å². The molecule has 1 aromatic heterocycles. The third-order valence-corrected chi connectivity index (χ3v) is 13.6. The number of amides is 1. The summed E-state index contributed by atoms with van der Waals surface area (Å²) in [5.74, 6) is 0.0896. The summed E-state index contributed by atoms with van der Waals surface area (Å²) in [7, 11) is -3.19. The maximum atomic E-state index is 14.5. The molecule has 45 heavy (non-hydrogen) atoms. The van der Waals surface area contributed by atoms with Crippen LogP contribution >= 0.6 is 0 Å². The lowest BCUT2D eigenvalue weighted by Crippen LogP contribution is -2.63. The van der Waals surface area contributed by atoms with Gasteiger partial charge in [-0.2, -0.15) is 0 Å². The Labute approximate surface area is 267 Å². The van der Waals surface area contributed by atoms with Crippen molar-refractivity contribution in [2.75, 3.05) is 45.8 Å². The van der Waals surface area contributed by atoms with Crippen molar-refractivity contribution in [3.8, 4) is 0 Å². The molecule has 0 spiro atoms. The van der Waals surface area contributed by atoms with Crippen molar-refractivity contribution in [2.45, 2.75) is 95.5 Å². The van der Waals surface area contributed by atoms with Gasteiger partial charge in [0.25, 0.3) is 0 Å². The molecule has 3 saturated heterocycles. The fourth-order valence-corrected chi connectivity index (χ4v) is 9.93. The molecule has 1 N–H and O–H groups in total. The van der Waals surface area contributed by atoms with Gasteiger partial charge in [0.15, 0.2) is 0 Å². The molecule has 1 saturated carbocycles. The molecule has 3 aliphatic heterocycles. The lowest BCUT2D eigenvalue weighted by molar-refractivity contribution is -0.133. The van der Waals surface area contributed by atoms with Crippen LogP contribution in [-0.2, 0) is 21.2 Å². The maximum Gasteiger partial charge on any atom is 0.227 e. The lowest BCUT2D eigenvalue weighted by atomic mass is 9.82. The fourth-order valence-electron chi connectivity index (χ4n) is 8.06. The minimum atomic E-state index is -3.19. The van der Waals surface area contributed by atoms with E-state index >= 15 is 0 Å². The lowest BCUT2D eigenvalue weighted by Gasteiger charge is -2.54. The number of likely N-dealkylation sites (tertiary alicyclic amines) is 1. The number of piperidine rings is 2. The van der Waals surface area contributed by atoms with Gasteiger partial charge in [-0.25, -0.2) is 17.1 Å². The fraction of sp³-hybridized carbons (Fsp3) is 0.697. The number of benzene rings is 1. The van der Waals surface area contributed by atoms with Gasteiger partial charge in [-0.1, -0.05) is 12.1 Å². The summed E-state index contributed by atoms with van der Waals surface area (Å²) in [5, 5.41) is 13.7. The van der Waals surface area contributed by atoms with Crippen molar-refractivity contribution in [3.05, 3.63) is 52.6 Å². The number of piperazine rings is 1. The highest BCUT2D eigenvalue weighted by Gasteiger charge is 2.45. The van der Waals surface area contributed by atoms with Crippen LogP contribution in [0, 0.1) is 25.6 Å². The largest absolute Gasteiger partial charge is 0.411 e. The molecule has 1 aliphatic carbocycles. The zero-order chi connectivity index (χ0) is 32.1. The molecule has 0 bridgehead atoms. The van der Waals surface area contributed by atoms with E-state index in [0.29, 0.717) is 37.6 Å². The molecular formula is C33H49FN6O4S. The van der Waals surface area contributed by atoms with E-state index in [0.717, 1.165) is 74.1 Å². The van der Waals surface area contributed by atoms with Gasteiger partial charge in [-0.15, -0.1) is 9.94 Å². The first-order valence-electron chi connectivity index (χ1n) is 16.6. The molecule has 1 amide bonds. The van der Waals surface area contributed by atoms with Crippen molar-refractivity contribution in [1.29, 1.82) is 0 Å². The monoisotopic (exact) mass is 644 g/mol. The van der Waals surface area contributed by atoms with Crippen molar-refractivity contribution in [2.24, 2.45) is 5.92 Å². The Hall–Kier alpha value is -2.54. The van der Waals surface area contributed by atoms with E-state index in [2.05, 4.69) is 28.7 Å². The van der Waals surface area contributed by atoms with E-state index in [1.165, 1.54) is 6.07 Å². The normalized spacial score (nSPS) is 25.0. The molecule has 4 aliphatic rings. The van der Waals surface area contributed by atoms with Gasteiger partial charge in [0.2, 0.25) is 15.9 Å². The third-order valence-electron chi connectivity index (χ3n) is 11.2. The summed E-state index contributed by atoms with van der Waals surface area (Å²) >= 11 is 0. The van der Waals surface area contributed by atoms with Gasteiger partial charge < -0.3 is 10.1 Å². The predicted octanol–water partition coefficient (Wildman–Crippen LogP) is 3.75. The Morgan fingerprint density at radius 1 is 1.07 bits per heavy atom. The van der Waals surface area contributed by atoms with E-state index in [-0.39, 0.29) is 46.9 Å². The van der Waals surface area contributed by atoms with Crippen LogP contribution in [0.5, 0.6) is 0 Å². The first-order valence-corrected chi connectivity index (χ1v) is 18.1. The highest BCUT2D eigenvalue weighted by molar-refractivity contribution is 7.90. The third kappa shape index (κ3) is 6.53. The van der Waals surface area contributed by atoms with Gasteiger partial charge in [-0.05, 0) is 89.8 Å². The van der Waals surface area contributed by atoms with E-state index in [4.69, 9.17) is 0 Å². The van der Waals surface area contributed by atoms with E-state index in [1.807, 2.05) is 17.9 Å². The van der Waals surface area contributed by atoms with Gasteiger partial charge in [-0.3, -0.25) is 14.6 Å². The molecular weight excluding hydrogens is 595 g/mol. The maximum absolute atomic E-state index is 14.5. The molecule has 2 aromatic rings. The second-order valence-corrected chi connectivity index (χ2v) is 16.3. The zero-order valence-electron chi connectivity index (χ0n) is 27.2. The minimum Gasteiger partial charge on any atom is -0.411 e. The summed E-state index contributed by atoms with van der Waals surface area (Å²) in [6.45, 7) is 13.3.